The highest BCUT2D eigenvalue weighted by atomic mass is 35.5. The van der Waals surface area contributed by atoms with Gasteiger partial charge in [0.25, 0.3) is 0 Å². The highest BCUT2D eigenvalue weighted by Crippen LogP contribution is 2.64. The maximum absolute atomic E-state index is 13.4. The maximum atomic E-state index is 13.4. The lowest BCUT2D eigenvalue weighted by Gasteiger charge is -2.41. The number of piperidine rings is 1. The van der Waals surface area contributed by atoms with Gasteiger partial charge in [-0.05, 0) is 54.2 Å². The molecular weight excluding hydrogens is 406 g/mol. The van der Waals surface area contributed by atoms with Crippen molar-refractivity contribution in [2.75, 3.05) is 18.8 Å². The predicted octanol–water partition coefficient (Wildman–Crippen LogP) is 4.43. The number of halogens is 1. The van der Waals surface area contributed by atoms with E-state index in [1.807, 2.05) is 12.1 Å². The molecule has 4 nitrogen and oxygen atoms in total. The van der Waals surface area contributed by atoms with E-state index in [1.54, 1.807) is 4.31 Å². The van der Waals surface area contributed by atoms with E-state index >= 15 is 0 Å². The number of Topliss-reactive ketones (excluding diaryl/α,β-unsaturated/α-hetero) is 1. The van der Waals surface area contributed by atoms with E-state index in [2.05, 4.69) is 32.1 Å². The van der Waals surface area contributed by atoms with E-state index < -0.39 is 15.4 Å². The fourth-order valence-electron chi connectivity index (χ4n) is 6.58. The van der Waals surface area contributed by atoms with Crippen LogP contribution in [0.25, 0.3) is 6.08 Å². The van der Waals surface area contributed by atoms with Gasteiger partial charge in [0.1, 0.15) is 5.78 Å². The SMILES string of the molecule is CC1(C)C2CC[C@@]1(CS(=O)(=O)N1CCC3(C=Cc4c(Cl)cccc43)CC1)C(=O)C2. The minimum atomic E-state index is -3.48. The number of allylic oxidation sites excluding steroid dienone is 1. The average Bonchev–Trinajstić information content (AvgIpc) is 3.20. The Balaban J connectivity index is 1.36. The summed E-state index contributed by atoms with van der Waals surface area (Å²) in [5, 5.41) is 0.752. The number of fused-ring (bicyclic) bond motifs is 4. The quantitative estimate of drug-likeness (QED) is 0.708. The van der Waals surface area contributed by atoms with E-state index in [-0.39, 0.29) is 22.4 Å². The minimum Gasteiger partial charge on any atom is -0.299 e. The second-order valence-corrected chi connectivity index (χ2v) is 12.4. The smallest absolute Gasteiger partial charge is 0.215 e. The van der Waals surface area contributed by atoms with Crippen LogP contribution in [-0.2, 0) is 20.2 Å². The van der Waals surface area contributed by atoms with Crippen molar-refractivity contribution in [1.29, 1.82) is 0 Å². The minimum absolute atomic E-state index is 0.0203. The Morgan fingerprint density at radius 3 is 2.52 bits per heavy atom. The number of sulfonamides is 1. The molecule has 1 unspecified atom stereocenters. The summed E-state index contributed by atoms with van der Waals surface area (Å²) in [7, 11) is -3.48. The Hall–Kier alpha value is -1.17. The van der Waals surface area contributed by atoms with Crippen LogP contribution in [0.3, 0.4) is 0 Å². The molecule has 1 spiro atoms. The molecule has 156 valence electrons. The van der Waals surface area contributed by atoms with Crippen LogP contribution in [0.1, 0.15) is 57.1 Å². The number of nitrogens with zero attached hydrogens (tertiary/aromatic N) is 1. The van der Waals surface area contributed by atoms with E-state index in [1.165, 1.54) is 5.56 Å². The van der Waals surface area contributed by atoms with Gasteiger partial charge in [-0.25, -0.2) is 12.7 Å². The van der Waals surface area contributed by atoms with Crippen molar-refractivity contribution >= 4 is 33.5 Å². The molecule has 0 N–H and O–H groups in total. The molecule has 0 radical (unpaired) electrons. The fraction of sp³-hybridized carbons (Fsp3) is 0.609. The number of rotatable bonds is 3. The second-order valence-electron chi connectivity index (χ2n) is 10.0. The Kier molecular flexibility index (Phi) is 4.21. The Bertz CT molecular complexity index is 1020. The van der Waals surface area contributed by atoms with E-state index in [0.29, 0.717) is 25.4 Å². The van der Waals surface area contributed by atoms with E-state index in [9.17, 15) is 13.2 Å². The molecule has 3 aliphatic carbocycles. The van der Waals surface area contributed by atoms with Crippen molar-refractivity contribution < 1.29 is 13.2 Å². The largest absolute Gasteiger partial charge is 0.299 e. The highest BCUT2D eigenvalue weighted by Gasteiger charge is 2.65. The first-order valence-corrected chi connectivity index (χ1v) is 12.6. The van der Waals surface area contributed by atoms with Gasteiger partial charge in [-0.2, -0.15) is 0 Å². The van der Waals surface area contributed by atoms with Crippen LogP contribution in [0, 0.1) is 16.7 Å². The topological polar surface area (TPSA) is 54.5 Å². The molecule has 2 atom stereocenters. The lowest BCUT2D eigenvalue weighted by molar-refractivity contribution is -0.128. The molecule has 6 heteroatoms. The lowest BCUT2D eigenvalue weighted by atomic mass is 9.70. The van der Waals surface area contributed by atoms with Gasteiger partial charge in [-0.15, -0.1) is 0 Å². The second kappa shape index (κ2) is 6.18. The fourth-order valence-corrected chi connectivity index (χ4v) is 9.04. The summed E-state index contributed by atoms with van der Waals surface area (Å²) < 4.78 is 28.4. The molecule has 1 saturated heterocycles. The van der Waals surface area contributed by atoms with Crippen LogP contribution in [0.15, 0.2) is 24.3 Å². The molecule has 1 aromatic rings. The highest BCUT2D eigenvalue weighted by molar-refractivity contribution is 7.89. The molecular formula is C23H28ClNO3S. The summed E-state index contributed by atoms with van der Waals surface area (Å²) in [6.07, 6.45) is 8.03. The van der Waals surface area contributed by atoms with Crippen LogP contribution in [0.2, 0.25) is 5.02 Å². The number of carbonyl (C=O) groups is 1. The average molecular weight is 434 g/mol. The number of carbonyl (C=O) groups excluding carboxylic acids is 1. The first kappa shape index (κ1) is 19.8. The van der Waals surface area contributed by atoms with Gasteiger partial charge in [0.2, 0.25) is 10.0 Å². The zero-order chi connectivity index (χ0) is 20.7. The van der Waals surface area contributed by atoms with E-state index in [4.69, 9.17) is 11.6 Å². The van der Waals surface area contributed by atoms with Crippen LogP contribution < -0.4 is 0 Å². The number of ketones is 1. The molecule has 0 amide bonds. The third-order valence-corrected chi connectivity index (χ3v) is 11.1. The molecule has 1 aliphatic heterocycles. The van der Waals surface area contributed by atoms with Crippen molar-refractivity contribution in [1.82, 2.24) is 4.31 Å². The first-order chi connectivity index (χ1) is 13.6. The number of hydrogen-bond acceptors (Lipinski definition) is 3. The van der Waals surface area contributed by atoms with Gasteiger partial charge in [-0.3, -0.25) is 4.79 Å². The molecule has 4 aliphatic rings. The standard InChI is InChI=1S/C23H28ClNO3S/c1-21(2)16-6-9-23(21,20(26)14-16)15-29(27,28)25-12-10-22(11-13-25)8-7-17-18(22)4-3-5-19(17)24/h3-5,7-8,16H,6,9-15H2,1-2H3/t16?,23-/m1/s1. The Morgan fingerprint density at radius 1 is 1.17 bits per heavy atom. The molecule has 2 bridgehead atoms. The van der Waals surface area contributed by atoms with Gasteiger partial charge in [-0.1, -0.05) is 49.7 Å². The van der Waals surface area contributed by atoms with Crippen molar-refractivity contribution in [3.05, 3.63) is 40.4 Å². The molecule has 29 heavy (non-hydrogen) atoms. The summed E-state index contributed by atoms with van der Waals surface area (Å²) in [5.41, 5.74) is 1.24. The molecule has 0 aromatic heterocycles. The van der Waals surface area contributed by atoms with E-state index in [0.717, 1.165) is 36.3 Å². The third-order valence-electron chi connectivity index (χ3n) is 8.73. The summed E-state index contributed by atoms with van der Waals surface area (Å²) >= 11 is 6.35. The zero-order valence-electron chi connectivity index (χ0n) is 17.1. The molecule has 1 aromatic carbocycles. The van der Waals surface area contributed by atoms with Gasteiger partial charge in [0.05, 0.1) is 5.75 Å². The molecule has 1 heterocycles. The summed E-state index contributed by atoms with van der Waals surface area (Å²) in [4.78, 5) is 12.8. The van der Waals surface area contributed by atoms with Crippen molar-refractivity contribution in [2.45, 2.75) is 51.4 Å². The van der Waals surface area contributed by atoms with Gasteiger partial charge in [0, 0.05) is 35.4 Å². The predicted molar refractivity (Wildman–Crippen MR) is 115 cm³/mol. The van der Waals surface area contributed by atoms with Crippen LogP contribution in [0.5, 0.6) is 0 Å². The monoisotopic (exact) mass is 433 g/mol. The van der Waals surface area contributed by atoms with Gasteiger partial charge < -0.3 is 0 Å². The maximum Gasteiger partial charge on any atom is 0.215 e. The van der Waals surface area contributed by atoms with Crippen molar-refractivity contribution in [3.8, 4) is 0 Å². The summed E-state index contributed by atoms with van der Waals surface area (Å²) in [6, 6.07) is 5.99. The van der Waals surface area contributed by atoms with Gasteiger partial charge >= 0.3 is 0 Å². The summed E-state index contributed by atoms with van der Waals surface area (Å²) in [5.74, 6) is 0.478. The Morgan fingerprint density at radius 2 is 1.90 bits per heavy atom. The summed E-state index contributed by atoms with van der Waals surface area (Å²) in [6.45, 7) is 5.18. The zero-order valence-corrected chi connectivity index (χ0v) is 18.7. The lowest BCUT2D eigenvalue weighted by Crippen LogP contribution is -2.50. The first-order valence-electron chi connectivity index (χ1n) is 10.6. The Labute approximate surface area is 178 Å². The molecule has 5 rings (SSSR count). The third kappa shape index (κ3) is 2.60. The van der Waals surface area contributed by atoms with Crippen LogP contribution in [0.4, 0.5) is 0 Å². The molecule has 2 saturated carbocycles. The van der Waals surface area contributed by atoms with Crippen LogP contribution >= 0.6 is 11.6 Å². The number of benzene rings is 1. The van der Waals surface area contributed by atoms with Crippen molar-refractivity contribution in [2.24, 2.45) is 16.7 Å². The van der Waals surface area contributed by atoms with Gasteiger partial charge in [0.15, 0.2) is 0 Å². The van der Waals surface area contributed by atoms with Crippen molar-refractivity contribution in [3.63, 3.8) is 0 Å². The normalized spacial score (nSPS) is 32.2. The number of hydrogen-bond donors (Lipinski definition) is 0. The molecule has 3 fully saturated rings. The van der Waals surface area contributed by atoms with Crippen LogP contribution in [-0.4, -0.2) is 37.3 Å².